The lowest BCUT2D eigenvalue weighted by Gasteiger charge is -2.13. The molecule has 2 aromatic rings. The number of allylic oxidation sites excluding steroid dienone is 1. The fourth-order valence-electron chi connectivity index (χ4n) is 2.31. The molecule has 0 aliphatic heterocycles. The summed E-state index contributed by atoms with van der Waals surface area (Å²) in [5, 5.41) is 13.8. The van der Waals surface area contributed by atoms with Gasteiger partial charge in [-0.1, -0.05) is 18.2 Å². The molecule has 0 amide bonds. The summed E-state index contributed by atoms with van der Waals surface area (Å²) in [5.74, 6) is -1.00. The summed E-state index contributed by atoms with van der Waals surface area (Å²) in [5.41, 5.74) is 2.73. The van der Waals surface area contributed by atoms with Crippen molar-refractivity contribution in [1.82, 2.24) is 5.32 Å². The van der Waals surface area contributed by atoms with Crippen LogP contribution in [0, 0.1) is 11.2 Å². The maximum Gasteiger partial charge on any atom is 0.304 e. The minimum absolute atomic E-state index is 0.120. The van der Waals surface area contributed by atoms with Crippen molar-refractivity contribution < 1.29 is 16.7 Å². The molecule has 0 atom stereocenters. The van der Waals surface area contributed by atoms with Crippen molar-refractivity contribution in [3.8, 4) is 11.1 Å². The molecule has 5 nitrogen and oxygen atoms in total. The van der Waals surface area contributed by atoms with Crippen LogP contribution in [0.1, 0.15) is 5.56 Å². The molecule has 8 heteroatoms. The number of hydrogen-bond donors (Lipinski definition) is 3. The van der Waals surface area contributed by atoms with Gasteiger partial charge in [0.15, 0.2) is 0 Å². The van der Waals surface area contributed by atoms with Crippen LogP contribution < -0.4 is 10.6 Å². The Kier molecular flexibility index (Phi) is 6.46. The van der Waals surface area contributed by atoms with Crippen molar-refractivity contribution in [2.24, 2.45) is 0 Å². The SMILES string of the molecule is CN/C=C\C(=N)c1cc(-c2ccc(F)cc2)ccc1NCCS(=O)(=O)F. The molecule has 0 aliphatic carbocycles. The first-order valence-electron chi connectivity index (χ1n) is 7.79. The van der Waals surface area contributed by atoms with Crippen molar-refractivity contribution >= 4 is 21.6 Å². The van der Waals surface area contributed by atoms with Gasteiger partial charge < -0.3 is 16.0 Å². The Bertz CT molecular complexity index is 911. The Balaban J connectivity index is 2.35. The molecule has 138 valence electrons. The van der Waals surface area contributed by atoms with E-state index in [9.17, 15) is 16.7 Å². The van der Waals surface area contributed by atoms with Crippen molar-refractivity contribution in [2.45, 2.75) is 0 Å². The van der Waals surface area contributed by atoms with Gasteiger partial charge in [-0.25, -0.2) is 4.39 Å². The quantitative estimate of drug-likeness (QED) is 0.485. The Hall–Kier alpha value is -2.74. The molecule has 3 N–H and O–H groups in total. The summed E-state index contributed by atoms with van der Waals surface area (Å²) >= 11 is 0. The van der Waals surface area contributed by atoms with Crippen LogP contribution in [0.25, 0.3) is 11.1 Å². The molecular weight excluding hydrogens is 360 g/mol. The molecule has 0 spiro atoms. The molecular formula is C18H19F2N3O2S. The van der Waals surface area contributed by atoms with E-state index < -0.39 is 16.0 Å². The summed E-state index contributed by atoms with van der Waals surface area (Å²) in [4.78, 5) is 0. The van der Waals surface area contributed by atoms with E-state index in [0.717, 1.165) is 11.1 Å². The van der Waals surface area contributed by atoms with Crippen molar-refractivity contribution in [3.05, 3.63) is 66.1 Å². The molecule has 0 unspecified atom stereocenters. The Morgan fingerprint density at radius 3 is 2.42 bits per heavy atom. The molecule has 26 heavy (non-hydrogen) atoms. The summed E-state index contributed by atoms with van der Waals surface area (Å²) < 4.78 is 47.1. The van der Waals surface area contributed by atoms with E-state index in [1.54, 1.807) is 49.7 Å². The summed E-state index contributed by atoms with van der Waals surface area (Å²) in [6.07, 6.45) is 3.13. The van der Waals surface area contributed by atoms with Gasteiger partial charge in [-0.15, -0.1) is 3.89 Å². The van der Waals surface area contributed by atoms with Gasteiger partial charge in [0, 0.05) is 24.8 Å². The van der Waals surface area contributed by atoms with E-state index in [-0.39, 0.29) is 18.1 Å². The first-order valence-corrected chi connectivity index (χ1v) is 9.34. The highest BCUT2D eigenvalue weighted by molar-refractivity contribution is 7.86. The predicted molar refractivity (Wildman–Crippen MR) is 100 cm³/mol. The first kappa shape index (κ1) is 19.6. The fraction of sp³-hybridized carbons (Fsp3) is 0.167. The zero-order chi connectivity index (χ0) is 19.2. The smallest absolute Gasteiger partial charge is 0.304 e. The van der Waals surface area contributed by atoms with Crippen LogP contribution in [-0.4, -0.2) is 33.5 Å². The van der Waals surface area contributed by atoms with E-state index in [2.05, 4.69) is 10.6 Å². The third kappa shape index (κ3) is 5.66. The molecule has 0 saturated heterocycles. The molecule has 2 aromatic carbocycles. The topological polar surface area (TPSA) is 82.1 Å². The summed E-state index contributed by atoms with van der Waals surface area (Å²) in [7, 11) is -2.87. The molecule has 0 aromatic heterocycles. The highest BCUT2D eigenvalue weighted by Crippen LogP contribution is 2.26. The van der Waals surface area contributed by atoms with E-state index in [0.29, 0.717) is 11.3 Å². The average Bonchev–Trinajstić information content (AvgIpc) is 2.59. The Morgan fingerprint density at radius 2 is 1.81 bits per heavy atom. The summed E-state index contributed by atoms with van der Waals surface area (Å²) in [6, 6.07) is 11.1. The minimum atomic E-state index is -4.57. The zero-order valence-corrected chi connectivity index (χ0v) is 14.9. The maximum atomic E-state index is 13.1. The van der Waals surface area contributed by atoms with Gasteiger partial charge in [-0.3, -0.25) is 0 Å². The van der Waals surface area contributed by atoms with Gasteiger partial charge in [0.05, 0.1) is 11.5 Å². The number of halogens is 2. The molecule has 0 saturated carbocycles. The first-order chi connectivity index (χ1) is 12.3. The van der Waals surface area contributed by atoms with Crippen molar-refractivity contribution in [2.75, 3.05) is 24.7 Å². The number of hydrogen-bond acceptors (Lipinski definition) is 5. The molecule has 0 heterocycles. The lowest BCUT2D eigenvalue weighted by atomic mass is 9.99. The molecule has 0 fully saturated rings. The van der Waals surface area contributed by atoms with Crippen LogP contribution in [0.3, 0.4) is 0 Å². The minimum Gasteiger partial charge on any atom is -0.394 e. The van der Waals surface area contributed by atoms with Crippen molar-refractivity contribution in [1.29, 1.82) is 5.41 Å². The van der Waals surface area contributed by atoms with Gasteiger partial charge in [0.1, 0.15) is 5.82 Å². The average molecular weight is 379 g/mol. The normalized spacial score (nSPS) is 11.5. The van der Waals surface area contributed by atoms with Gasteiger partial charge in [0.2, 0.25) is 0 Å². The molecule has 0 aliphatic rings. The highest BCUT2D eigenvalue weighted by atomic mass is 32.3. The molecule has 0 bridgehead atoms. The second-order valence-corrected chi connectivity index (χ2v) is 6.96. The largest absolute Gasteiger partial charge is 0.394 e. The van der Waals surface area contributed by atoms with E-state index in [1.165, 1.54) is 12.1 Å². The third-order valence-corrected chi connectivity index (χ3v) is 4.26. The zero-order valence-electron chi connectivity index (χ0n) is 14.1. The molecule has 0 radical (unpaired) electrons. The van der Waals surface area contributed by atoms with Crippen LogP contribution in [0.4, 0.5) is 14.0 Å². The second-order valence-electron chi connectivity index (χ2n) is 5.47. The van der Waals surface area contributed by atoms with Crippen LogP contribution in [-0.2, 0) is 10.2 Å². The highest BCUT2D eigenvalue weighted by Gasteiger charge is 2.11. The number of nitrogens with one attached hydrogen (secondary N) is 3. The van der Waals surface area contributed by atoms with Gasteiger partial charge in [0.25, 0.3) is 0 Å². The maximum absolute atomic E-state index is 13.1. The van der Waals surface area contributed by atoms with Gasteiger partial charge >= 0.3 is 10.2 Å². The fourth-order valence-corrected chi connectivity index (χ4v) is 2.65. The lowest BCUT2D eigenvalue weighted by molar-refractivity contribution is 0.552. The number of benzene rings is 2. The van der Waals surface area contributed by atoms with E-state index in [1.807, 2.05) is 0 Å². The summed E-state index contributed by atoms with van der Waals surface area (Å²) in [6.45, 7) is -0.120. The van der Waals surface area contributed by atoms with Gasteiger partial charge in [-0.2, -0.15) is 8.42 Å². The van der Waals surface area contributed by atoms with Crippen LogP contribution in [0.5, 0.6) is 0 Å². The van der Waals surface area contributed by atoms with Gasteiger partial charge in [-0.05, 0) is 47.7 Å². The van der Waals surface area contributed by atoms with Crippen LogP contribution in [0.15, 0.2) is 54.7 Å². The van der Waals surface area contributed by atoms with E-state index in [4.69, 9.17) is 5.41 Å². The molecule has 2 rings (SSSR count). The standard InChI is InChI=1S/C18H19F2N3O2S/c1-22-9-8-17(21)16-12-14(13-2-5-15(19)6-3-13)4-7-18(16)23-10-11-26(20,24)25/h2-9,12,21-23H,10-11H2,1H3/b9-8-,21-17?. The number of anilines is 1. The Morgan fingerprint density at radius 1 is 1.15 bits per heavy atom. The predicted octanol–water partition coefficient (Wildman–Crippen LogP) is 3.30. The number of rotatable bonds is 8. The Labute approximate surface area is 151 Å². The van der Waals surface area contributed by atoms with E-state index >= 15 is 0 Å². The second kappa shape index (κ2) is 8.57. The monoisotopic (exact) mass is 379 g/mol. The van der Waals surface area contributed by atoms with Crippen molar-refractivity contribution in [3.63, 3.8) is 0 Å². The van der Waals surface area contributed by atoms with Crippen LogP contribution in [0.2, 0.25) is 0 Å². The lowest BCUT2D eigenvalue weighted by Crippen LogP contribution is -2.14. The van der Waals surface area contributed by atoms with Crippen LogP contribution >= 0.6 is 0 Å². The third-order valence-electron chi connectivity index (χ3n) is 3.57.